The molecule has 1 aromatic carbocycles. The summed E-state index contributed by atoms with van der Waals surface area (Å²) in [5, 5.41) is 24.2. The Kier molecular flexibility index (Phi) is 11.1. The van der Waals surface area contributed by atoms with E-state index in [-0.39, 0.29) is 17.3 Å². The molecule has 2 saturated carbocycles. The third kappa shape index (κ3) is 8.15. The Morgan fingerprint density at radius 1 is 1.15 bits per heavy atom. The first kappa shape index (κ1) is 32.7. The van der Waals surface area contributed by atoms with Crippen LogP contribution in [0, 0.1) is 11.8 Å². The van der Waals surface area contributed by atoms with E-state index in [2.05, 4.69) is 34.6 Å². The number of benzene rings is 1. The van der Waals surface area contributed by atoms with E-state index in [1.54, 1.807) is 14.2 Å². The summed E-state index contributed by atoms with van der Waals surface area (Å²) in [7, 11) is 3.35. The third-order valence-corrected chi connectivity index (χ3v) is 8.69. The van der Waals surface area contributed by atoms with Crippen molar-refractivity contribution in [3.05, 3.63) is 23.8 Å². The maximum Gasteiger partial charge on any atom is 0.490 e. The summed E-state index contributed by atoms with van der Waals surface area (Å²) in [6, 6.07) is 7.01. The van der Waals surface area contributed by atoms with E-state index in [0.717, 1.165) is 81.2 Å². The van der Waals surface area contributed by atoms with Crippen LogP contribution in [-0.4, -0.2) is 84.3 Å². The van der Waals surface area contributed by atoms with Crippen LogP contribution in [0.5, 0.6) is 11.5 Å². The van der Waals surface area contributed by atoms with E-state index in [4.69, 9.17) is 31.6 Å². The van der Waals surface area contributed by atoms with Crippen molar-refractivity contribution in [2.75, 3.05) is 33.9 Å². The molecule has 5 unspecified atom stereocenters. The molecule has 0 bridgehead atoms. The molecule has 41 heavy (non-hydrogen) atoms. The van der Waals surface area contributed by atoms with Crippen molar-refractivity contribution in [3.8, 4) is 11.5 Å². The number of hydrogen-bond donors (Lipinski definition) is 4. The van der Waals surface area contributed by atoms with Crippen LogP contribution in [0.3, 0.4) is 0 Å². The number of fused-ring (bicyclic) bond motifs is 1. The number of methoxy groups -OCH3 is 2. The predicted octanol–water partition coefficient (Wildman–Crippen LogP) is 4.19. The van der Waals surface area contributed by atoms with Gasteiger partial charge in [0.1, 0.15) is 0 Å². The third-order valence-electron chi connectivity index (χ3n) is 8.43. The molecule has 1 saturated heterocycles. The Hall–Kier alpha value is -2.80. The SMILES string of the molecule is CCCCNC(=S)NC1CCC2(c3ccc(OC)c(OC)c3)CCN(CC3CC3C(=O)O)C2C1.O=C(O)C(F)(F)F. The van der Waals surface area contributed by atoms with E-state index in [9.17, 15) is 23.1 Å². The fourth-order valence-electron chi connectivity index (χ4n) is 6.15. The zero-order chi connectivity index (χ0) is 30.4. The molecule has 230 valence electrons. The summed E-state index contributed by atoms with van der Waals surface area (Å²) in [5.74, 6) is -1.81. The van der Waals surface area contributed by atoms with Crippen molar-refractivity contribution in [2.45, 2.75) is 75.5 Å². The van der Waals surface area contributed by atoms with Crippen LogP contribution in [0.2, 0.25) is 0 Å². The van der Waals surface area contributed by atoms with Gasteiger partial charge in [0.05, 0.1) is 20.1 Å². The molecule has 0 aromatic heterocycles. The number of thiocarbonyl (C=S) groups is 1. The second kappa shape index (κ2) is 13.9. The molecule has 1 aromatic rings. The molecular formula is C28H40F3N3O6S. The molecule has 1 aliphatic heterocycles. The number of ether oxygens (including phenoxy) is 2. The first-order valence-electron chi connectivity index (χ1n) is 13.9. The summed E-state index contributed by atoms with van der Waals surface area (Å²) in [6.45, 7) is 4.94. The molecule has 0 spiro atoms. The monoisotopic (exact) mass is 603 g/mol. The minimum absolute atomic E-state index is 0.0304. The second-order valence-electron chi connectivity index (χ2n) is 11.0. The van der Waals surface area contributed by atoms with Gasteiger partial charge in [0.25, 0.3) is 0 Å². The largest absolute Gasteiger partial charge is 0.493 e. The highest BCUT2D eigenvalue weighted by Gasteiger charge is 2.54. The number of halogens is 3. The molecular weight excluding hydrogens is 563 g/mol. The van der Waals surface area contributed by atoms with Gasteiger partial charge in [-0.05, 0) is 80.9 Å². The number of aliphatic carboxylic acids is 2. The number of rotatable bonds is 10. The highest BCUT2D eigenvalue weighted by molar-refractivity contribution is 7.80. The number of carboxylic acid groups (broad SMARTS) is 2. The Labute approximate surface area is 243 Å². The van der Waals surface area contributed by atoms with Crippen molar-refractivity contribution in [2.24, 2.45) is 11.8 Å². The van der Waals surface area contributed by atoms with Gasteiger partial charge in [-0.15, -0.1) is 0 Å². The molecule has 4 rings (SSSR count). The lowest BCUT2D eigenvalue weighted by Gasteiger charge is -2.46. The fraction of sp³-hybridized carbons (Fsp3) is 0.679. The first-order chi connectivity index (χ1) is 19.4. The number of carbonyl (C=O) groups is 2. The van der Waals surface area contributed by atoms with E-state index >= 15 is 0 Å². The normalized spacial score (nSPS) is 27.1. The van der Waals surface area contributed by atoms with E-state index in [1.165, 1.54) is 5.56 Å². The Morgan fingerprint density at radius 2 is 1.83 bits per heavy atom. The van der Waals surface area contributed by atoms with Gasteiger partial charge in [-0.25, -0.2) is 4.79 Å². The van der Waals surface area contributed by atoms with Gasteiger partial charge >= 0.3 is 18.1 Å². The van der Waals surface area contributed by atoms with Crippen molar-refractivity contribution in [1.82, 2.24) is 15.5 Å². The average Bonchev–Trinajstić information content (AvgIpc) is 3.62. The number of nitrogens with one attached hydrogen (secondary N) is 2. The van der Waals surface area contributed by atoms with Crippen molar-refractivity contribution in [1.29, 1.82) is 0 Å². The molecule has 5 atom stereocenters. The van der Waals surface area contributed by atoms with Crippen LogP contribution in [0.25, 0.3) is 0 Å². The summed E-state index contributed by atoms with van der Waals surface area (Å²) in [4.78, 5) is 22.9. The maximum atomic E-state index is 11.4. The van der Waals surface area contributed by atoms with Crippen LogP contribution in [0.4, 0.5) is 13.2 Å². The predicted molar refractivity (Wildman–Crippen MR) is 150 cm³/mol. The van der Waals surface area contributed by atoms with E-state index in [1.807, 2.05) is 6.07 Å². The second-order valence-corrected chi connectivity index (χ2v) is 11.4. The number of carboxylic acids is 2. The highest BCUT2D eigenvalue weighted by atomic mass is 32.1. The van der Waals surface area contributed by atoms with Gasteiger partial charge in [0.15, 0.2) is 16.6 Å². The van der Waals surface area contributed by atoms with Gasteiger partial charge in [-0.1, -0.05) is 19.4 Å². The number of hydrogen-bond acceptors (Lipinski definition) is 6. The van der Waals surface area contributed by atoms with Gasteiger partial charge in [0.2, 0.25) is 0 Å². The summed E-state index contributed by atoms with van der Waals surface area (Å²) < 4.78 is 42.9. The lowest BCUT2D eigenvalue weighted by molar-refractivity contribution is -0.192. The summed E-state index contributed by atoms with van der Waals surface area (Å²) in [5.41, 5.74) is 1.33. The number of alkyl halides is 3. The Bertz CT molecular complexity index is 1090. The van der Waals surface area contributed by atoms with Crippen molar-refractivity contribution < 1.29 is 42.4 Å². The molecule has 3 fully saturated rings. The molecule has 9 nitrogen and oxygen atoms in total. The minimum Gasteiger partial charge on any atom is -0.493 e. The van der Waals surface area contributed by atoms with Crippen LogP contribution in [0.1, 0.15) is 57.4 Å². The molecule has 3 aliphatic rings. The van der Waals surface area contributed by atoms with Crippen LogP contribution >= 0.6 is 12.2 Å². The maximum absolute atomic E-state index is 11.4. The summed E-state index contributed by atoms with van der Waals surface area (Å²) in [6.07, 6.45) is 2.15. The lowest BCUT2D eigenvalue weighted by Crippen LogP contribution is -2.54. The van der Waals surface area contributed by atoms with E-state index in [0.29, 0.717) is 12.1 Å². The van der Waals surface area contributed by atoms with Crippen LogP contribution in [0.15, 0.2) is 18.2 Å². The highest BCUT2D eigenvalue weighted by Crippen LogP contribution is 2.52. The molecule has 0 amide bonds. The molecule has 0 radical (unpaired) electrons. The van der Waals surface area contributed by atoms with Gasteiger partial charge in [-0.2, -0.15) is 13.2 Å². The standard InChI is InChI=1S/C26H39N3O4S.C2HF3O2/c1-4-5-11-27-25(34)28-19-8-9-26(18-6-7-21(32-2)22(14-18)33-3)10-12-29(23(26)15-19)16-17-13-20(17)24(30)31;3-2(4,5)1(6)7/h6-7,14,17,19-20,23H,4-5,8-13,15-16H2,1-3H3,(H,30,31)(H2,27,28,34);(H,6,7). The molecule has 1 heterocycles. The van der Waals surface area contributed by atoms with E-state index < -0.39 is 18.1 Å². The van der Waals surface area contributed by atoms with Crippen molar-refractivity contribution >= 4 is 29.3 Å². The zero-order valence-corrected chi connectivity index (χ0v) is 24.4. The molecule has 4 N–H and O–H groups in total. The Morgan fingerprint density at radius 3 is 2.39 bits per heavy atom. The average molecular weight is 604 g/mol. The minimum atomic E-state index is -5.08. The molecule has 13 heteroatoms. The number of nitrogens with zero attached hydrogens (tertiary/aromatic N) is 1. The van der Waals surface area contributed by atoms with Gasteiger partial charge in [0, 0.05) is 30.6 Å². The van der Waals surface area contributed by atoms with Crippen LogP contribution < -0.4 is 20.1 Å². The smallest absolute Gasteiger partial charge is 0.490 e. The quantitative estimate of drug-likeness (QED) is 0.229. The van der Waals surface area contributed by atoms with Crippen LogP contribution in [-0.2, 0) is 15.0 Å². The fourth-order valence-corrected chi connectivity index (χ4v) is 6.41. The Balaban J connectivity index is 0.000000587. The number of unbranched alkanes of at least 4 members (excludes halogenated alkanes) is 1. The lowest BCUT2D eigenvalue weighted by atomic mass is 9.65. The van der Waals surface area contributed by atoms with Gasteiger partial charge in [-0.3, -0.25) is 9.69 Å². The summed E-state index contributed by atoms with van der Waals surface area (Å²) >= 11 is 5.57. The zero-order valence-electron chi connectivity index (χ0n) is 23.6. The number of likely N-dealkylation sites (tertiary alicyclic amines) is 1. The van der Waals surface area contributed by atoms with Crippen molar-refractivity contribution in [3.63, 3.8) is 0 Å². The topological polar surface area (TPSA) is 120 Å². The first-order valence-corrected chi connectivity index (χ1v) is 14.3. The molecule has 2 aliphatic carbocycles. The van der Waals surface area contributed by atoms with Gasteiger partial charge < -0.3 is 30.3 Å².